The van der Waals surface area contributed by atoms with E-state index in [9.17, 15) is 41.9 Å². The van der Waals surface area contributed by atoms with Gasteiger partial charge in [0, 0.05) is 68.4 Å². The van der Waals surface area contributed by atoms with Gasteiger partial charge in [-0.3, -0.25) is 33.8 Å². The number of halogens is 3. The van der Waals surface area contributed by atoms with Crippen molar-refractivity contribution in [2.75, 3.05) is 65.5 Å². The third-order valence-electron chi connectivity index (χ3n) is 14.4. The van der Waals surface area contributed by atoms with Crippen molar-refractivity contribution in [2.24, 2.45) is 11.8 Å². The molecule has 6 atom stereocenters. The highest BCUT2D eigenvalue weighted by Crippen LogP contribution is 2.38. The van der Waals surface area contributed by atoms with Gasteiger partial charge in [-0.2, -0.15) is 13.2 Å². The standard InChI is InChI=1S/C49H66F3N11O8/c1-29(2)61(3)34-12-14-40(63-18-15-38(48(63)69)59-45-35-22-32(49(50,51)52)9-13-37(35)56-28-57-45)39(23-34)60-46(67)30-7-10-33(11-8-30)58-41(64)26-55-42(65)27-71-21-20-70-19-17-54-47(68)36-24-43(66)62(4)44(36)31-6-5-16-53-25-31/h5-6,9,13,16,22,25,28-30,33-34,36,38-40,44H,7-8,10-12,14-15,17-21,23-24,26-27H2,1-4H3,(H,54,68)(H,55,65)(H,58,64)(H,60,67)(H,56,57,59)/t30-,33+,34-,36+,38+,39-,40+,44-/m1/s1. The molecule has 5 N–H and O–H groups in total. The summed E-state index contributed by atoms with van der Waals surface area (Å²) in [6, 6.07) is 5.40. The molecule has 2 aliphatic carbocycles. The first-order valence-corrected chi connectivity index (χ1v) is 24.5. The quantitative estimate of drug-likeness (QED) is 0.103. The minimum atomic E-state index is -4.56. The van der Waals surface area contributed by atoms with E-state index in [1.165, 1.54) is 12.4 Å². The van der Waals surface area contributed by atoms with Gasteiger partial charge in [0.1, 0.15) is 24.8 Å². The van der Waals surface area contributed by atoms with Gasteiger partial charge in [0.15, 0.2) is 0 Å². The summed E-state index contributed by atoms with van der Waals surface area (Å²) in [6.07, 6.45) is 4.85. The zero-order chi connectivity index (χ0) is 50.8. The fourth-order valence-corrected chi connectivity index (χ4v) is 10.3. The van der Waals surface area contributed by atoms with Crippen LogP contribution in [0.15, 0.2) is 49.1 Å². The SMILES string of the molecule is CC(C)N(C)[C@@H]1CC[C@H](N2CC[C@H](Nc3ncnc4ccc(C(F)(F)F)cc34)C2=O)[C@H](NC(=O)[C@H]2CC[C@@H](NC(=O)CNC(=O)COCCOCCNC(=O)[C@H]3CC(=O)N(C)[C@@H]3c3cccnc3)CC2)C1. The number of nitrogens with one attached hydrogen (secondary N) is 5. The largest absolute Gasteiger partial charge is 0.416 e. The third kappa shape index (κ3) is 13.5. The smallest absolute Gasteiger partial charge is 0.377 e. The van der Waals surface area contributed by atoms with E-state index in [1.807, 2.05) is 6.07 Å². The number of fused-ring (bicyclic) bond motifs is 1. The zero-order valence-corrected chi connectivity index (χ0v) is 40.7. The van der Waals surface area contributed by atoms with Crippen LogP contribution in [0.3, 0.4) is 0 Å². The lowest BCUT2D eigenvalue weighted by Crippen LogP contribution is -2.59. The molecule has 4 heterocycles. The number of hydrogen-bond donors (Lipinski definition) is 5. The second-order valence-corrected chi connectivity index (χ2v) is 19.3. The molecule has 0 radical (unpaired) electrons. The molecule has 4 aliphatic rings. The first-order chi connectivity index (χ1) is 34.0. The monoisotopic (exact) mass is 994 g/mol. The molecule has 6 amide bonds. The van der Waals surface area contributed by atoms with Crippen LogP contribution in [-0.4, -0.2) is 162 Å². The fraction of sp³-hybridized carbons (Fsp3) is 0.612. The van der Waals surface area contributed by atoms with E-state index in [0.717, 1.165) is 24.1 Å². The molecule has 1 aromatic carbocycles. The Morgan fingerprint density at radius 1 is 0.901 bits per heavy atom. The van der Waals surface area contributed by atoms with Gasteiger partial charge in [-0.05, 0) is 102 Å². The number of anilines is 1. The Kier molecular flexibility index (Phi) is 17.8. The van der Waals surface area contributed by atoms with Gasteiger partial charge in [0.2, 0.25) is 35.4 Å². The Labute approximate surface area is 411 Å². The molecule has 19 nitrogen and oxygen atoms in total. The third-order valence-corrected chi connectivity index (χ3v) is 14.4. The number of ether oxygens (including phenoxy) is 2. The molecule has 22 heteroatoms. The van der Waals surface area contributed by atoms with E-state index >= 15 is 0 Å². The Bertz CT molecular complexity index is 2360. The predicted molar refractivity (Wildman–Crippen MR) is 254 cm³/mol. The van der Waals surface area contributed by atoms with Crippen LogP contribution in [0.25, 0.3) is 10.9 Å². The maximum atomic E-state index is 14.1. The van der Waals surface area contributed by atoms with Crippen molar-refractivity contribution in [3.8, 4) is 0 Å². The number of benzene rings is 1. The first-order valence-electron chi connectivity index (χ1n) is 24.5. The Morgan fingerprint density at radius 2 is 1.68 bits per heavy atom. The average Bonchev–Trinajstić information content (AvgIpc) is 3.87. The average molecular weight is 994 g/mol. The Balaban J connectivity index is 0.799. The van der Waals surface area contributed by atoms with Crippen LogP contribution < -0.4 is 26.6 Å². The van der Waals surface area contributed by atoms with Crippen molar-refractivity contribution in [2.45, 2.75) is 120 Å². The lowest BCUT2D eigenvalue weighted by Gasteiger charge is -2.45. The molecular weight excluding hydrogens is 928 g/mol. The maximum Gasteiger partial charge on any atom is 0.416 e. The molecule has 0 bridgehead atoms. The lowest BCUT2D eigenvalue weighted by atomic mass is 9.82. The van der Waals surface area contributed by atoms with Crippen molar-refractivity contribution in [3.05, 3.63) is 60.2 Å². The van der Waals surface area contributed by atoms with Gasteiger partial charge in [0.25, 0.3) is 0 Å². The normalized spacial score (nSPS) is 24.9. The van der Waals surface area contributed by atoms with Crippen molar-refractivity contribution >= 4 is 52.2 Å². The highest BCUT2D eigenvalue weighted by Gasteiger charge is 2.45. The Morgan fingerprint density at radius 3 is 2.41 bits per heavy atom. The summed E-state index contributed by atoms with van der Waals surface area (Å²) >= 11 is 0. The van der Waals surface area contributed by atoms with E-state index in [-0.39, 0.29) is 123 Å². The summed E-state index contributed by atoms with van der Waals surface area (Å²) in [5.41, 5.74) is 0.272. The summed E-state index contributed by atoms with van der Waals surface area (Å²) in [5, 5.41) is 14.9. The van der Waals surface area contributed by atoms with Gasteiger partial charge < -0.3 is 50.8 Å². The number of pyridine rings is 1. The van der Waals surface area contributed by atoms with Crippen molar-refractivity contribution in [3.63, 3.8) is 0 Å². The number of likely N-dealkylation sites (tertiary alicyclic amines) is 2. The lowest BCUT2D eigenvalue weighted by molar-refractivity contribution is -0.137. The van der Waals surface area contributed by atoms with Gasteiger partial charge in [-0.25, -0.2) is 9.97 Å². The highest BCUT2D eigenvalue weighted by molar-refractivity contribution is 5.94. The second kappa shape index (κ2) is 23.9. The van der Waals surface area contributed by atoms with Crippen LogP contribution in [-0.2, 0) is 44.4 Å². The van der Waals surface area contributed by atoms with Crippen LogP contribution in [0.1, 0.15) is 88.8 Å². The van der Waals surface area contributed by atoms with Crippen molar-refractivity contribution in [1.82, 2.24) is 50.9 Å². The number of nitrogens with zero attached hydrogens (tertiary/aromatic N) is 6. The number of carbonyl (C=O) groups is 6. The summed E-state index contributed by atoms with van der Waals surface area (Å²) in [7, 11) is 3.74. The van der Waals surface area contributed by atoms with E-state index in [2.05, 4.69) is 67.3 Å². The molecule has 4 fully saturated rings. The van der Waals surface area contributed by atoms with Gasteiger partial charge in [0.05, 0.1) is 61.5 Å². The number of amides is 6. The zero-order valence-electron chi connectivity index (χ0n) is 40.7. The van der Waals surface area contributed by atoms with Crippen LogP contribution >= 0.6 is 0 Å². The molecule has 2 aromatic heterocycles. The van der Waals surface area contributed by atoms with Gasteiger partial charge in [-0.15, -0.1) is 0 Å². The summed E-state index contributed by atoms with van der Waals surface area (Å²) in [4.78, 5) is 96.5. The van der Waals surface area contributed by atoms with Crippen LogP contribution in [0.2, 0.25) is 0 Å². The van der Waals surface area contributed by atoms with Crippen molar-refractivity contribution in [1.29, 1.82) is 0 Å². The molecule has 386 valence electrons. The van der Waals surface area contributed by atoms with Crippen LogP contribution in [0, 0.1) is 11.8 Å². The van der Waals surface area contributed by atoms with Crippen LogP contribution in [0.5, 0.6) is 0 Å². The van der Waals surface area contributed by atoms with E-state index in [4.69, 9.17) is 9.47 Å². The molecule has 0 spiro atoms. The highest BCUT2D eigenvalue weighted by atomic mass is 19.4. The molecule has 7 rings (SSSR count). The van der Waals surface area contributed by atoms with E-state index < -0.39 is 35.6 Å². The molecular formula is C49H66F3N11O8. The van der Waals surface area contributed by atoms with Gasteiger partial charge in [-0.1, -0.05) is 6.07 Å². The molecule has 0 unspecified atom stereocenters. The molecule has 2 saturated carbocycles. The first kappa shape index (κ1) is 52.8. The summed E-state index contributed by atoms with van der Waals surface area (Å²) < 4.78 is 51.7. The number of carbonyl (C=O) groups excluding carboxylic acids is 6. The Hall–Kier alpha value is -6.00. The van der Waals surface area contributed by atoms with Gasteiger partial charge >= 0.3 is 6.18 Å². The van der Waals surface area contributed by atoms with Crippen LogP contribution in [0.4, 0.5) is 19.0 Å². The molecule has 2 saturated heterocycles. The number of hydrogen-bond acceptors (Lipinski definition) is 13. The summed E-state index contributed by atoms with van der Waals surface area (Å²) in [5.74, 6) is -2.18. The summed E-state index contributed by atoms with van der Waals surface area (Å²) in [6.45, 7) is 4.85. The minimum Gasteiger partial charge on any atom is -0.377 e. The van der Waals surface area contributed by atoms with Crippen molar-refractivity contribution < 1.29 is 51.4 Å². The predicted octanol–water partition coefficient (Wildman–Crippen LogP) is 2.96. The minimum absolute atomic E-state index is 0.0992. The maximum absolute atomic E-state index is 14.1. The number of aromatic nitrogens is 3. The molecule has 2 aliphatic heterocycles. The number of rotatable bonds is 20. The fourth-order valence-electron chi connectivity index (χ4n) is 10.3. The number of alkyl halides is 3. The second-order valence-electron chi connectivity index (χ2n) is 19.3. The van der Waals surface area contributed by atoms with E-state index in [0.29, 0.717) is 57.0 Å². The topological polar surface area (TPSA) is 229 Å². The van der Waals surface area contributed by atoms with E-state index in [1.54, 1.807) is 35.3 Å². The molecule has 71 heavy (non-hydrogen) atoms. The molecule has 3 aromatic rings.